The number of hydrogen-bond donors (Lipinski definition) is 0. The predicted molar refractivity (Wildman–Crippen MR) is 107 cm³/mol. The van der Waals surface area contributed by atoms with Crippen LogP contribution in [0.3, 0.4) is 0 Å². The molecule has 0 aromatic heterocycles. The Labute approximate surface area is 151 Å². The molecule has 0 bridgehead atoms. The second-order valence-electron chi connectivity index (χ2n) is 6.05. The van der Waals surface area contributed by atoms with Gasteiger partial charge in [0.25, 0.3) is 0 Å². The van der Waals surface area contributed by atoms with Gasteiger partial charge in [-0.25, -0.2) is 0 Å². The van der Waals surface area contributed by atoms with E-state index in [1.165, 1.54) is 25.5 Å². The van der Waals surface area contributed by atoms with E-state index in [1.807, 2.05) is 0 Å². The zero-order valence-electron chi connectivity index (χ0n) is 14.3. The molecule has 2 aromatic carbocycles. The van der Waals surface area contributed by atoms with Gasteiger partial charge in [0.15, 0.2) is 0 Å². The second kappa shape index (κ2) is 12.2. The van der Waals surface area contributed by atoms with Gasteiger partial charge in [0, 0.05) is 17.6 Å². The molecule has 0 fully saturated rings. The molecule has 117 valence electrons. The van der Waals surface area contributed by atoms with E-state index in [0.717, 1.165) is 0 Å². The van der Waals surface area contributed by atoms with Gasteiger partial charge in [0.2, 0.25) is 0 Å². The fraction of sp³-hybridized carbons (Fsp3) is 0.368. The van der Waals surface area contributed by atoms with Gasteiger partial charge in [-0.05, 0) is 0 Å². The quantitative estimate of drug-likeness (QED) is 0.598. The van der Waals surface area contributed by atoms with Crippen molar-refractivity contribution >= 4 is 46.2 Å². The van der Waals surface area contributed by atoms with Crippen LogP contribution in [0.2, 0.25) is 38.3 Å². The first-order valence-corrected chi connectivity index (χ1v) is 15.9. The Morgan fingerprint density at radius 1 is 0.636 bits per heavy atom. The summed E-state index contributed by atoms with van der Waals surface area (Å²) >= 11 is -0.335. The molecule has 0 aliphatic carbocycles. The van der Waals surface area contributed by atoms with E-state index in [2.05, 4.69) is 86.9 Å². The molecule has 0 nitrogen and oxygen atoms in total. The zero-order valence-corrected chi connectivity index (χ0v) is 18.9. The summed E-state index contributed by atoms with van der Waals surface area (Å²) in [5.74, 6) is 0. The van der Waals surface area contributed by atoms with Crippen molar-refractivity contribution < 1.29 is 0 Å². The van der Waals surface area contributed by atoms with Gasteiger partial charge in [0.1, 0.15) is 0 Å². The van der Waals surface area contributed by atoms with Crippen molar-refractivity contribution in [2.24, 2.45) is 0 Å². The van der Waals surface area contributed by atoms with Crippen LogP contribution in [0.1, 0.15) is 6.42 Å². The van der Waals surface area contributed by atoms with Crippen LogP contribution in [0.4, 0.5) is 0 Å². The second-order valence-corrected chi connectivity index (χ2v) is 15.5. The Bertz CT molecular complexity index is 438. The van der Waals surface area contributed by atoms with Crippen molar-refractivity contribution in [2.75, 3.05) is 0 Å². The minimum atomic E-state index is -0.335. The third-order valence-corrected chi connectivity index (χ3v) is 9.01. The minimum absolute atomic E-state index is 0.0860. The molecule has 0 aliphatic heterocycles. The summed E-state index contributed by atoms with van der Waals surface area (Å²) in [6, 6.07) is 24.6. The molecule has 0 saturated heterocycles. The first kappa shape index (κ1) is 19.7. The van der Waals surface area contributed by atoms with E-state index in [9.17, 15) is 0 Å². The summed E-state index contributed by atoms with van der Waals surface area (Å²) in [6.45, 7) is 9.62. The fourth-order valence-corrected chi connectivity index (χ4v) is 6.76. The van der Waals surface area contributed by atoms with Gasteiger partial charge in [-0.15, -0.1) is 0 Å². The van der Waals surface area contributed by atoms with Crippen LogP contribution in [0.15, 0.2) is 60.7 Å². The molecule has 0 spiro atoms. The molecule has 0 N–H and O–H groups in total. The normalized spacial score (nSPS) is 10.5. The molecule has 0 saturated carbocycles. The van der Waals surface area contributed by atoms with E-state index in [0.29, 0.717) is 0 Å². The molecule has 22 heavy (non-hydrogen) atoms. The molecule has 0 aliphatic rings. The molecule has 0 heterocycles. The zero-order chi connectivity index (χ0) is 16.2. The molecule has 0 amide bonds. The fourth-order valence-electron chi connectivity index (χ4n) is 1.95. The van der Waals surface area contributed by atoms with Gasteiger partial charge in [-0.2, -0.15) is 0 Å². The van der Waals surface area contributed by atoms with Crippen molar-refractivity contribution in [3.8, 4) is 0 Å². The monoisotopic (exact) mass is 433 g/mol. The predicted octanol–water partition coefficient (Wildman–Crippen LogP) is 4.23. The third-order valence-electron chi connectivity index (χ3n) is 3.12. The Kier molecular flexibility index (Phi) is 10.9. The maximum absolute atomic E-state index is 2.41. The Morgan fingerprint density at radius 2 is 1.00 bits per heavy atom. The van der Waals surface area contributed by atoms with E-state index in [1.54, 1.807) is 0 Å². The van der Waals surface area contributed by atoms with Gasteiger partial charge < -0.3 is 0 Å². The van der Waals surface area contributed by atoms with Crippen molar-refractivity contribution in [2.45, 2.75) is 44.7 Å². The van der Waals surface area contributed by atoms with Crippen LogP contribution in [0.5, 0.6) is 0 Å². The molecule has 0 unspecified atom stereocenters. The Balaban J connectivity index is 0.000000239. The Morgan fingerprint density at radius 3 is 1.32 bits per heavy atom. The van der Waals surface area contributed by atoms with Crippen LogP contribution >= 0.6 is 0 Å². The molecule has 0 atom stereocenters. The van der Waals surface area contributed by atoms with Gasteiger partial charge in [-0.1, -0.05) is 44.7 Å². The molecular formula is C19H28SbSi2. The van der Waals surface area contributed by atoms with E-state index in [-0.39, 0.29) is 39.2 Å². The van der Waals surface area contributed by atoms with E-state index < -0.39 is 0 Å². The summed E-state index contributed by atoms with van der Waals surface area (Å²) in [4.78, 5) is 0. The molecule has 3 heteroatoms. The summed E-state index contributed by atoms with van der Waals surface area (Å²) < 4.78 is 3.04. The van der Waals surface area contributed by atoms with E-state index >= 15 is 0 Å². The standard InChI is InChI=1S/C7H18Si2.2C6H5.Sb/c1-8(2)6-5-7-9(3)4;2*1-2-4-6-5-3-1;/h5-7H2,1-4H3;2*1-5H;. The number of rotatable bonds is 6. The van der Waals surface area contributed by atoms with Gasteiger partial charge in [-0.3, -0.25) is 0 Å². The average molecular weight is 434 g/mol. The average Bonchev–Trinajstić information content (AvgIpc) is 2.49. The number of hydrogen-bond acceptors (Lipinski definition) is 0. The first-order chi connectivity index (χ1) is 10.6. The van der Waals surface area contributed by atoms with Crippen LogP contribution in [0, 0.1) is 0 Å². The van der Waals surface area contributed by atoms with Crippen LogP contribution in [-0.2, 0) is 0 Å². The molecule has 3 radical (unpaired) electrons. The van der Waals surface area contributed by atoms with Crippen molar-refractivity contribution in [1.29, 1.82) is 0 Å². The topological polar surface area (TPSA) is 0 Å². The molecule has 2 rings (SSSR count). The van der Waals surface area contributed by atoms with Crippen molar-refractivity contribution in [1.82, 2.24) is 0 Å². The summed E-state index contributed by atoms with van der Waals surface area (Å²) in [7, 11) is 0.172. The SMILES string of the molecule is C[Si](C)CCC[Si](C)C.c1cc[c]([Sb][c]2ccccc2)cc1. The van der Waals surface area contributed by atoms with Gasteiger partial charge >= 0.3 is 89.3 Å². The van der Waals surface area contributed by atoms with Crippen molar-refractivity contribution in [3.05, 3.63) is 60.7 Å². The number of benzene rings is 2. The van der Waals surface area contributed by atoms with Crippen molar-refractivity contribution in [3.63, 3.8) is 0 Å². The summed E-state index contributed by atoms with van der Waals surface area (Å²) in [6.07, 6.45) is 1.50. The van der Waals surface area contributed by atoms with Crippen LogP contribution in [0.25, 0.3) is 0 Å². The molecule has 2 aromatic rings. The summed E-state index contributed by atoms with van der Waals surface area (Å²) in [5.41, 5.74) is 0. The van der Waals surface area contributed by atoms with Gasteiger partial charge in [0.05, 0.1) is 0 Å². The first-order valence-electron chi connectivity index (χ1n) is 7.98. The van der Waals surface area contributed by atoms with Crippen LogP contribution < -0.4 is 7.02 Å². The third kappa shape index (κ3) is 10.4. The Hall–Kier alpha value is -0.308. The van der Waals surface area contributed by atoms with Crippen LogP contribution in [-0.4, -0.2) is 39.2 Å². The molecular weight excluding hydrogens is 406 g/mol. The summed E-state index contributed by atoms with van der Waals surface area (Å²) in [5, 5.41) is 0. The maximum atomic E-state index is 2.41. The van der Waals surface area contributed by atoms with E-state index in [4.69, 9.17) is 0 Å².